The molecular formula is C15H15ClOS. The van der Waals surface area contributed by atoms with Gasteiger partial charge in [0.1, 0.15) is 11.9 Å². The monoisotopic (exact) mass is 278 g/mol. The van der Waals surface area contributed by atoms with Gasteiger partial charge in [0.25, 0.3) is 0 Å². The maximum atomic E-state index is 6.55. The molecule has 94 valence electrons. The average Bonchev–Trinajstić information content (AvgIpc) is 2.92. The second-order valence-electron chi connectivity index (χ2n) is 4.81. The Morgan fingerprint density at radius 3 is 2.89 bits per heavy atom. The number of fused-ring (bicyclic) bond motifs is 1. The Kier molecular flexibility index (Phi) is 3.08. The van der Waals surface area contributed by atoms with Crippen molar-refractivity contribution in [1.82, 2.24) is 0 Å². The van der Waals surface area contributed by atoms with Crippen molar-refractivity contribution in [3.63, 3.8) is 0 Å². The van der Waals surface area contributed by atoms with Crippen LogP contribution in [0, 0.1) is 6.92 Å². The summed E-state index contributed by atoms with van der Waals surface area (Å²) < 4.78 is 5.71. The highest BCUT2D eigenvalue weighted by Crippen LogP contribution is 2.37. The number of alkyl halides is 1. The van der Waals surface area contributed by atoms with Crippen molar-refractivity contribution < 1.29 is 4.74 Å². The van der Waals surface area contributed by atoms with Crippen molar-refractivity contribution in [2.45, 2.75) is 31.7 Å². The molecule has 2 unspecified atom stereocenters. The number of hydrogen-bond donors (Lipinski definition) is 0. The molecule has 1 aromatic heterocycles. The third kappa shape index (κ3) is 2.15. The van der Waals surface area contributed by atoms with Gasteiger partial charge in [0.2, 0.25) is 0 Å². The maximum Gasteiger partial charge on any atom is 0.123 e. The third-order valence-corrected chi connectivity index (χ3v) is 4.91. The van der Waals surface area contributed by atoms with Gasteiger partial charge in [-0.25, -0.2) is 0 Å². The van der Waals surface area contributed by atoms with Crippen LogP contribution < -0.4 is 4.74 Å². The zero-order chi connectivity index (χ0) is 12.7. The zero-order valence-corrected chi connectivity index (χ0v) is 12.0. The van der Waals surface area contributed by atoms with E-state index in [1.807, 2.05) is 6.07 Å². The van der Waals surface area contributed by atoms with Gasteiger partial charge in [-0.15, -0.1) is 22.9 Å². The lowest BCUT2D eigenvalue weighted by Crippen LogP contribution is -2.05. The van der Waals surface area contributed by atoms with Gasteiger partial charge in [0, 0.05) is 16.2 Å². The molecular weight excluding hydrogens is 264 g/mol. The molecule has 2 heterocycles. The summed E-state index contributed by atoms with van der Waals surface area (Å²) in [6.07, 6.45) is 1.27. The molecule has 1 aliphatic heterocycles. The van der Waals surface area contributed by atoms with E-state index in [1.54, 1.807) is 11.3 Å². The largest absolute Gasteiger partial charge is 0.490 e. The Labute approximate surface area is 116 Å². The molecule has 0 bridgehead atoms. The van der Waals surface area contributed by atoms with Crippen LogP contribution in [0.25, 0.3) is 0 Å². The molecule has 0 radical (unpaired) electrons. The van der Waals surface area contributed by atoms with Crippen LogP contribution in [0.3, 0.4) is 0 Å². The minimum Gasteiger partial charge on any atom is -0.490 e. The van der Waals surface area contributed by atoms with Crippen molar-refractivity contribution in [3.8, 4) is 5.75 Å². The van der Waals surface area contributed by atoms with Crippen molar-refractivity contribution in [1.29, 1.82) is 0 Å². The first kappa shape index (κ1) is 12.1. The summed E-state index contributed by atoms with van der Waals surface area (Å²) in [4.78, 5) is 2.51. The fourth-order valence-electron chi connectivity index (χ4n) is 2.35. The van der Waals surface area contributed by atoms with Gasteiger partial charge >= 0.3 is 0 Å². The summed E-state index contributed by atoms with van der Waals surface area (Å²) in [6.45, 7) is 4.20. The molecule has 0 N–H and O–H groups in total. The maximum absolute atomic E-state index is 6.55. The summed E-state index contributed by atoms with van der Waals surface area (Å²) in [5.74, 6) is 1.01. The van der Waals surface area contributed by atoms with Gasteiger partial charge in [-0.1, -0.05) is 12.1 Å². The van der Waals surface area contributed by atoms with Crippen LogP contribution in [0.5, 0.6) is 5.75 Å². The van der Waals surface area contributed by atoms with E-state index in [0.717, 1.165) is 17.7 Å². The molecule has 0 fully saturated rings. The molecule has 0 saturated carbocycles. The van der Waals surface area contributed by atoms with E-state index in [4.69, 9.17) is 16.3 Å². The van der Waals surface area contributed by atoms with Crippen LogP contribution in [-0.2, 0) is 6.42 Å². The van der Waals surface area contributed by atoms with E-state index < -0.39 is 0 Å². The molecule has 0 saturated heterocycles. The fraction of sp³-hybridized carbons (Fsp3) is 0.333. The van der Waals surface area contributed by atoms with Crippen molar-refractivity contribution in [3.05, 3.63) is 51.2 Å². The van der Waals surface area contributed by atoms with Crippen LogP contribution in [-0.4, -0.2) is 6.10 Å². The lowest BCUT2D eigenvalue weighted by molar-refractivity contribution is 0.254. The minimum absolute atomic E-state index is 0.0510. The number of rotatable bonds is 2. The quantitative estimate of drug-likeness (QED) is 0.723. The first-order chi connectivity index (χ1) is 8.63. The van der Waals surface area contributed by atoms with Crippen molar-refractivity contribution >= 4 is 22.9 Å². The normalized spacial score (nSPS) is 19.4. The number of hydrogen-bond acceptors (Lipinski definition) is 2. The van der Waals surface area contributed by atoms with Crippen LogP contribution >= 0.6 is 22.9 Å². The van der Waals surface area contributed by atoms with E-state index in [1.165, 1.54) is 15.3 Å². The van der Waals surface area contributed by atoms with E-state index >= 15 is 0 Å². The van der Waals surface area contributed by atoms with E-state index in [-0.39, 0.29) is 11.5 Å². The van der Waals surface area contributed by atoms with Crippen molar-refractivity contribution in [2.24, 2.45) is 0 Å². The first-order valence-electron chi connectivity index (χ1n) is 6.13. The van der Waals surface area contributed by atoms with Crippen molar-refractivity contribution in [2.75, 3.05) is 0 Å². The number of aryl methyl sites for hydroxylation is 1. The van der Waals surface area contributed by atoms with Gasteiger partial charge in [-0.3, -0.25) is 0 Å². The molecule has 0 amide bonds. The Bertz CT molecular complexity index is 576. The molecule has 0 spiro atoms. The van der Waals surface area contributed by atoms with E-state index in [2.05, 4.69) is 38.1 Å². The molecule has 1 aliphatic rings. The fourth-order valence-corrected chi connectivity index (χ4v) is 3.58. The Morgan fingerprint density at radius 2 is 2.17 bits per heavy atom. The molecule has 0 aliphatic carbocycles. The second-order valence-corrected chi connectivity index (χ2v) is 6.57. The Morgan fingerprint density at radius 1 is 1.33 bits per heavy atom. The highest BCUT2D eigenvalue weighted by Gasteiger charge is 2.21. The smallest absolute Gasteiger partial charge is 0.123 e. The van der Waals surface area contributed by atoms with Crippen LogP contribution in [0.2, 0.25) is 0 Å². The highest BCUT2D eigenvalue weighted by molar-refractivity contribution is 7.12. The number of benzene rings is 1. The average molecular weight is 279 g/mol. The molecule has 1 aromatic carbocycles. The second kappa shape index (κ2) is 4.60. The molecule has 1 nitrogen and oxygen atoms in total. The SMILES string of the molecule is Cc1ccc(C(Cl)c2ccc3c(c2)CC(C)O3)s1. The molecule has 3 heteroatoms. The number of ether oxygens (including phenoxy) is 1. The Hall–Kier alpha value is -0.990. The molecule has 2 atom stereocenters. The van der Waals surface area contributed by atoms with Crippen LogP contribution in [0.4, 0.5) is 0 Å². The summed E-state index contributed by atoms with van der Waals surface area (Å²) in [5, 5.41) is -0.0510. The van der Waals surface area contributed by atoms with E-state index in [9.17, 15) is 0 Å². The summed E-state index contributed by atoms with van der Waals surface area (Å²) in [7, 11) is 0. The lowest BCUT2D eigenvalue weighted by Gasteiger charge is -2.09. The van der Waals surface area contributed by atoms with Gasteiger partial charge in [0.05, 0.1) is 5.38 Å². The molecule has 3 rings (SSSR count). The van der Waals surface area contributed by atoms with Crippen LogP contribution in [0.15, 0.2) is 30.3 Å². The minimum atomic E-state index is -0.0510. The standard InChI is InChI=1S/C15H15ClOS/c1-9-7-12-8-11(4-5-13(12)17-9)15(16)14-6-3-10(2)18-14/h3-6,8-9,15H,7H2,1-2H3. The predicted molar refractivity (Wildman–Crippen MR) is 77.0 cm³/mol. The van der Waals surface area contributed by atoms with Crippen LogP contribution in [0.1, 0.15) is 33.2 Å². The molecule has 2 aromatic rings. The first-order valence-corrected chi connectivity index (χ1v) is 7.38. The molecule has 18 heavy (non-hydrogen) atoms. The van der Waals surface area contributed by atoms with Gasteiger partial charge < -0.3 is 4.74 Å². The zero-order valence-electron chi connectivity index (χ0n) is 10.4. The van der Waals surface area contributed by atoms with E-state index in [0.29, 0.717) is 0 Å². The predicted octanol–water partition coefficient (Wildman–Crippen LogP) is 4.71. The lowest BCUT2D eigenvalue weighted by atomic mass is 10.0. The summed E-state index contributed by atoms with van der Waals surface area (Å²) in [5.41, 5.74) is 2.44. The third-order valence-electron chi connectivity index (χ3n) is 3.22. The van der Waals surface area contributed by atoms with Gasteiger partial charge in [-0.2, -0.15) is 0 Å². The highest BCUT2D eigenvalue weighted by atomic mass is 35.5. The topological polar surface area (TPSA) is 9.23 Å². The Balaban J connectivity index is 1.91. The van der Waals surface area contributed by atoms with Gasteiger partial charge in [-0.05, 0) is 43.2 Å². The number of halogens is 1. The summed E-state index contributed by atoms with van der Waals surface area (Å²) in [6, 6.07) is 10.5. The number of thiophene rings is 1. The van der Waals surface area contributed by atoms with Gasteiger partial charge in [0.15, 0.2) is 0 Å². The summed E-state index contributed by atoms with van der Waals surface area (Å²) >= 11 is 8.31.